The van der Waals surface area contributed by atoms with E-state index in [1.54, 1.807) is 81.4 Å². The largest absolute Gasteiger partial charge is 0.459 e. The van der Waals surface area contributed by atoms with Gasteiger partial charge >= 0.3 is 25.3 Å². The summed E-state index contributed by atoms with van der Waals surface area (Å²) in [5, 5.41) is 6.71. The molecule has 0 radical (unpaired) electrons. The molecule has 0 saturated carbocycles. The van der Waals surface area contributed by atoms with Crippen molar-refractivity contribution in [1.82, 2.24) is 16.0 Å². The van der Waals surface area contributed by atoms with E-state index in [-0.39, 0.29) is 13.0 Å². The SMILES string of the molecule is CC(C)(C)OC(=O)N[C@@H](CCc1ccccc1)C(=O)NC(COC(F)F)C(=O)N[C@@H](COC(F)F)C(=O)OCc1ccccc1. The Kier molecular flexibility index (Phi) is 15.2. The van der Waals surface area contributed by atoms with E-state index in [1.807, 2.05) is 0 Å². The fourth-order valence-electron chi connectivity index (χ4n) is 3.74. The van der Waals surface area contributed by atoms with Gasteiger partial charge in [-0.3, -0.25) is 9.59 Å². The summed E-state index contributed by atoms with van der Waals surface area (Å²) in [6.45, 7) is -4.23. The molecule has 0 aliphatic rings. The van der Waals surface area contributed by atoms with Gasteiger partial charge in [0.05, 0.1) is 13.2 Å². The number of carbonyl (C=O) groups is 4. The van der Waals surface area contributed by atoms with Crippen molar-refractivity contribution < 1.29 is 55.7 Å². The highest BCUT2D eigenvalue weighted by Crippen LogP contribution is 2.11. The third-order valence-electron chi connectivity index (χ3n) is 5.81. The van der Waals surface area contributed by atoms with Gasteiger partial charge in [-0.1, -0.05) is 60.7 Å². The number of alkyl halides is 4. The van der Waals surface area contributed by atoms with Gasteiger partial charge in [-0.25, -0.2) is 9.59 Å². The predicted molar refractivity (Wildman–Crippen MR) is 152 cm³/mol. The van der Waals surface area contributed by atoms with Crippen LogP contribution >= 0.6 is 0 Å². The second-order valence-electron chi connectivity index (χ2n) is 10.6. The first-order valence-corrected chi connectivity index (χ1v) is 13.9. The number of aryl methyl sites for hydroxylation is 1. The van der Waals surface area contributed by atoms with Crippen LogP contribution in [0.4, 0.5) is 22.4 Å². The maximum atomic E-state index is 13.3. The van der Waals surface area contributed by atoms with Crippen molar-refractivity contribution in [1.29, 1.82) is 0 Å². The van der Waals surface area contributed by atoms with Crippen molar-refractivity contribution in [2.45, 2.75) is 77.2 Å². The standard InChI is InChI=1S/C30H37F4N3O8/c1-30(2,3)45-29(41)37-21(15-14-19-10-6-4-7-11-19)24(38)35-22(17-43-27(31)32)25(39)36-23(18-44-28(33)34)26(40)42-16-20-12-8-5-9-13-20/h4-13,21-23,27-28H,14-18H2,1-3H3,(H,35,38)(H,36,39)(H,37,41)/t21-,22?,23-/m0/s1. The first-order valence-electron chi connectivity index (χ1n) is 13.9. The Hall–Kier alpha value is -4.24. The maximum Gasteiger partial charge on any atom is 0.408 e. The molecule has 3 N–H and O–H groups in total. The number of rotatable bonds is 17. The summed E-state index contributed by atoms with van der Waals surface area (Å²) in [4.78, 5) is 51.6. The molecule has 0 aliphatic carbocycles. The quantitative estimate of drug-likeness (QED) is 0.175. The van der Waals surface area contributed by atoms with E-state index in [0.29, 0.717) is 12.0 Å². The molecule has 0 aromatic heterocycles. The molecule has 0 heterocycles. The highest BCUT2D eigenvalue weighted by atomic mass is 19.3. The summed E-state index contributed by atoms with van der Waals surface area (Å²) in [7, 11) is 0. The van der Waals surface area contributed by atoms with Gasteiger partial charge in [0.2, 0.25) is 11.8 Å². The highest BCUT2D eigenvalue weighted by Gasteiger charge is 2.32. The number of amides is 3. The molecule has 0 spiro atoms. The maximum absolute atomic E-state index is 13.3. The number of carbonyl (C=O) groups excluding carboxylic acids is 4. The number of hydrogen-bond donors (Lipinski definition) is 3. The van der Waals surface area contributed by atoms with Gasteiger partial charge in [0, 0.05) is 0 Å². The number of benzene rings is 2. The van der Waals surface area contributed by atoms with Gasteiger partial charge in [0.25, 0.3) is 0 Å². The minimum absolute atomic E-state index is 0.00972. The zero-order valence-corrected chi connectivity index (χ0v) is 25.0. The topological polar surface area (TPSA) is 141 Å². The minimum Gasteiger partial charge on any atom is -0.459 e. The molecule has 11 nitrogen and oxygen atoms in total. The number of hydrogen-bond acceptors (Lipinski definition) is 8. The van der Waals surface area contributed by atoms with Crippen molar-refractivity contribution in [3.05, 3.63) is 71.8 Å². The van der Waals surface area contributed by atoms with Gasteiger partial charge in [0.1, 0.15) is 24.3 Å². The average molecular weight is 644 g/mol. The number of halogens is 4. The lowest BCUT2D eigenvalue weighted by atomic mass is 10.0. The molecular weight excluding hydrogens is 606 g/mol. The summed E-state index contributed by atoms with van der Waals surface area (Å²) < 4.78 is 70.2. The monoisotopic (exact) mass is 643 g/mol. The van der Waals surface area contributed by atoms with Gasteiger partial charge in [-0.2, -0.15) is 17.6 Å². The van der Waals surface area contributed by atoms with Gasteiger partial charge < -0.3 is 34.9 Å². The molecule has 2 aromatic rings. The molecule has 2 rings (SSSR count). The molecule has 3 amide bonds. The summed E-state index contributed by atoms with van der Waals surface area (Å²) in [6.07, 6.45) is -0.652. The molecule has 0 fully saturated rings. The number of alkyl carbamates (subject to hydrolysis) is 1. The van der Waals surface area contributed by atoms with Crippen LogP contribution in [0.2, 0.25) is 0 Å². The van der Waals surface area contributed by atoms with E-state index < -0.39 is 74.0 Å². The summed E-state index contributed by atoms with van der Waals surface area (Å²) >= 11 is 0. The van der Waals surface area contributed by atoms with Crippen LogP contribution in [0.25, 0.3) is 0 Å². The molecule has 1 unspecified atom stereocenters. The Morgan fingerprint density at radius 1 is 0.689 bits per heavy atom. The van der Waals surface area contributed by atoms with E-state index in [4.69, 9.17) is 9.47 Å². The molecule has 45 heavy (non-hydrogen) atoms. The van der Waals surface area contributed by atoms with E-state index in [9.17, 15) is 36.7 Å². The fraction of sp³-hybridized carbons (Fsp3) is 0.467. The van der Waals surface area contributed by atoms with Crippen LogP contribution in [-0.2, 0) is 46.4 Å². The molecule has 0 saturated heterocycles. The van der Waals surface area contributed by atoms with Crippen molar-refractivity contribution in [3.63, 3.8) is 0 Å². The van der Waals surface area contributed by atoms with Gasteiger partial charge in [0.15, 0.2) is 6.04 Å². The zero-order valence-electron chi connectivity index (χ0n) is 25.0. The molecule has 3 atom stereocenters. The third-order valence-corrected chi connectivity index (χ3v) is 5.81. The van der Waals surface area contributed by atoms with Crippen LogP contribution in [0.15, 0.2) is 60.7 Å². The summed E-state index contributed by atoms with van der Waals surface area (Å²) in [5.74, 6) is -3.38. The van der Waals surface area contributed by atoms with Crippen LogP contribution in [0, 0.1) is 0 Å². The smallest absolute Gasteiger partial charge is 0.408 e. The van der Waals surface area contributed by atoms with E-state index in [0.717, 1.165) is 5.56 Å². The Morgan fingerprint density at radius 2 is 1.18 bits per heavy atom. The Balaban J connectivity index is 2.21. The zero-order chi connectivity index (χ0) is 33.4. The van der Waals surface area contributed by atoms with Crippen LogP contribution < -0.4 is 16.0 Å². The van der Waals surface area contributed by atoms with Crippen molar-refractivity contribution in [3.8, 4) is 0 Å². The minimum atomic E-state index is -3.35. The van der Waals surface area contributed by atoms with Crippen molar-refractivity contribution in [2.75, 3.05) is 13.2 Å². The molecule has 2 aromatic carbocycles. The molecule has 15 heteroatoms. The summed E-state index contributed by atoms with van der Waals surface area (Å²) in [5.41, 5.74) is 0.454. The number of esters is 1. The third kappa shape index (κ3) is 15.4. The molecule has 0 bridgehead atoms. The molecule has 0 aliphatic heterocycles. The lowest BCUT2D eigenvalue weighted by Gasteiger charge is -2.26. The number of nitrogens with one attached hydrogen (secondary N) is 3. The van der Waals surface area contributed by atoms with Gasteiger partial charge in [-0.05, 0) is 44.7 Å². The second kappa shape index (κ2) is 18.5. The van der Waals surface area contributed by atoms with E-state index >= 15 is 0 Å². The lowest BCUT2D eigenvalue weighted by molar-refractivity contribution is -0.163. The molecule has 248 valence electrons. The predicted octanol–water partition coefficient (Wildman–Crippen LogP) is 3.70. The van der Waals surface area contributed by atoms with Crippen LogP contribution in [-0.4, -0.2) is 74.0 Å². The highest BCUT2D eigenvalue weighted by molar-refractivity contribution is 5.93. The number of ether oxygens (including phenoxy) is 4. The Labute approximate surface area is 257 Å². The normalized spacial score (nSPS) is 13.4. The molecular formula is C30H37F4N3O8. The van der Waals surface area contributed by atoms with E-state index in [2.05, 4.69) is 25.4 Å². The van der Waals surface area contributed by atoms with Crippen LogP contribution in [0.1, 0.15) is 38.3 Å². The fourth-order valence-corrected chi connectivity index (χ4v) is 3.74. The van der Waals surface area contributed by atoms with E-state index in [1.165, 1.54) is 0 Å². The van der Waals surface area contributed by atoms with Crippen LogP contribution in [0.3, 0.4) is 0 Å². The average Bonchev–Trinajstić information content (AvgIpc) is 2.97. The van der Waals surface area contributed by atoms with Gasteiger partial charge in [-0.15, -0.1) is 0 Å². The van der Waals surface area contributed by atoms with Crippen molar-refractivity contribution in [2.24, 2.45) is 0 Å². The Bertz CT molecular complexity index is 1220. The van der Waals surface area contributed by atoms with Crippen molar-refractivity contribution >= 4 is 23.9 Å². The lowest BCUT2D eigenvalue weighted by Crippen LogP contribution is -2.58. The Morgan fingerprint density at radius 3 is 1.71 bits per heavy atom. The summed E-state index contributed by atoms with van der Waals surface area (Å²) in [6, 6.07) is 12.2. The van der Waals surface area contributed by atoms with Crippen LogP contribution in [0.5, 0.6) is 0 Å². The first-order chi connectivity index (χ1) is 21.2. The first kappa shape index (κ1) is 36.9. The second-order valence-corrected chi connectivity index (χ2v) is 10.6.